The zero-order chi connectivity index (χ0) is 14.9. The Morgan fingerprint density at radius 1 is 1.00 bits per heavy atom. The van der Waals surface area contributed by atoms with Gasteiger partial charge in [0.25, 0.3) is 0 Å². The highest BCUT2D eigenvalue weighted by Crippen LogP contribution is 2.15. The molecule has 0 bridgehead atoms. The maximum atomic E-state index is 11.9. The molecule has 0 aliphatic heterocycles. The quantitative estimate of drug-likeness (QED) is 0.819. The molecule has 0 fully saturated rings. The van der Waals surface area contributed by atoms with Gasteiger partial charge in [0.2, 0.25) is 5.91 Å². The summed E-state index contributed by atoms with van der Waals surface area (Å²) in [5.41, 5.74) is 2.33. The minimum Gasteiger partial charge on any atom is -0.351 e. The van der Waals surface area contributed by atoms with E-state index >= 15 is 0 Å². The first-order valence-corrected chi connectivity index (χ1v) is 7.38. The van der Waals surface area contributed by atoms with Crippen molar-refractivity contribution in [1.29, 1.82) is 0 Å². The van der Waals surface area contributed by atoms with Crippen LogP contribution in [0.2, 0.25) is 0 Å². The average Bonchev–Trinajstić information content (AvgIpc) is 2.55. The number of hydrogen-bond acceptors (Lipinski definition) is 2. The van der Waals surface area contributed by atoms with Gasteiger partial charge in [0, 0.05) is 12.6 Å². The third-order valence-corrected chi connectivity index (χ3v) is 3.45. The van der Waals surface area contributed by atoms with Crippen LogP contribution in [-0.4, -0.2) is 12.5 Å². The van der Waals surface area contributed by atoms with Crippen molar-refractivity contribution in [1.82, 2.24) is 10.6 Å². The van der Waals surface area contributed by atoms with Gasteiger partial charge in [-0.1, -0.05) is 67.6 Å². The topological polar surface area (TPSA) is 41.1 Å². The molecule has 1 atom stereocenters. The van der Waals surface area contributed by atoms with E-state index in [9.17, 15) is 4.79 Å². The maximum absolute atomic E-state index is 11.9. The van der Waals surface area contributed by atoms with Gasteiger partial charge in [0.1, 0.15) is 0 Å². The SMILES string of the molecule is CCC(NCC(=O)NCc1ccccc1)c1ccccc1. The molecule has 3 nitrogen and oxygen atoms in total. The lowest BCUT2D eigenvalue weighted by atomic mass is 10.0. The number of benzene rings is 2. The molecular formula is C18H22N2O. The third-order valence-electron chi connectivity index (χ3n) is 3.45. The van der Waals surface area contributed by atoms with Gasteiger partial charge < -0.3 is 10.6 Å². The minimum atomic E-state index is 0.0215. The molecular weight excluding hydrogens is 260 g/mol. The fourth-order valence-electron chi connectivity index (χ4n) is 2.26. The smallest absolute Gasteiger partial charge is 0.234 e. The molecule has 0 saturated carbocycles. The van der Waals surface area contributed by atoms with E-state index < -0.39 is 0 Å². The first kappa shape index (κ1) is 15.3. The number of nitrogens with one attached hydrogen (secondary N) is 2. The second kappa shape index (κ2) is 8.22. The van der Waals surface area contributed by atoms with Crippen LogP contribution in [-0.2, 0) is 11.3 Å². The van der Waals surface area contributed by atoms with Crippen molar-refractivity contribution in [2.24, 2.45) is 0 Å². The third kappa shape index (κ3) is 5.04. The van der Waals surface area contributed by atoms with E-state index in [1.54, 1.807) is 0 Å². The Morgan fingerprint density at radius 2 is 1.62 bits per heavy atom. The highest BCUT2D eigenvalue weighted by atomic mass is 16.1. The van der Waals surface area contributed by atoms with Crippen molar-refractivity contribution in [3.8, 4) is 0 Å². The van der Waals surface area contributed by atoms with Crippen LogP contribution in [0, 0.1) is 0 Å². The van der Waals surface area contributed by atoms with Gasteiger partial charge in [0.05, 0.1) is 6.54 Å². The van der Waals surface area contributed by atoms with Gasteiger partial charge in [-0.15, -0.1) is 0 Å². The second-order valence-electron chi connectivity index (χ2n) is 5.01. The summed E-state index contributed by atoms with van der Waals surface area (Å²) >= 11 is 0. The fraction of sp³-hybridized carbons (Fsp3) is 0.278. The van der Waals surface area contributed by atoms with Crippen LogP contribution in [0.5, 0.6) is 0 Å². The van der Waals surface area contributed by atoms with Crippen LogP contribution in [0.3, 0.4) is 0 Å². The van der Waals surface area contributed by atoms with E-state index in [2.05, 4.69) is 29.7 Å². The molecule has 0 heterocycles. The number of hydrogen-bond donors (Lipinski definition) is 2. The summed E-state index contributed by atoms with van der Waals surface area (Å²) in [6, 6.07) is 20.4. The molecule has 0 aromatic heterocycles. The van der Waals surface area contributed by atoms with Crippen molar-refractivity contribution < 1.29 is 4.79 Å². The van der Waals surface area contributed by atoms with Gasteiger partial charge in [-0.3, -0.25) is 4.79 Å². The molecule has 21 heavy (non-hydrogen) atoms. The lowest BCUT2D eigenvalue weighted by molar-refractivity contribution is -0.120. The molecule has 2 rings (SSSR count). The first-order chi connectivity index (χ1) is 10.3. The van der Waals surface area contributed by atoms with E-state index in [1.807, 2.05) is 48.5 Å². The maximum Gasteiger partial charge on any atom is 0.234 e. The van der Waals surface area contributed by atoms with Crippen LogP contribution < -0.4 is 10.6 Å². The minimum absolute atomic E-state index is 0.0215. The van der Waals surface area contributed by atoms with Crippen LogP contribution in [0.4, 0.5) is 0 Å². The predicted octanol–water partition coefficient (Wildman–Crippen LogP) is 3.04. The number of carbonyl (C=O) groups is 1. The standard InChI is InChI=1S/C18H22N2O/c1-2-17(16-11-7-4-8-12-16)19-14-18(21)20-13-15-9-5-3-6-10-15/h3-12,17,19H,2,13-14H2,1H3,(H,20,21). The first-order valence-electron chi connectivity index (χ1n) is 7.38. The summed E-state index contributed by atoms with van der Waals surface area (Å²) in [7, 11) is 0. The largest absolute Gasteiger partial charge is 0.351 e. The van der Waals surface area contributed by atoms with E-state index in [4.69, 9.17) is 0 Å². The Bertz CT molecular complexity index is 540. The van der Waals surface area contributed by atoms with Crippen molar-refractivity contribution >= 4 is 5.91 Å². The summed E-state index contributed by atoms with van der Waals surface area (Å²) in [6.45, 7) is 3.02. The summed E-state index contributed by atoms with van der Waals surface area (Å²) in [5, 5.41) is 6.24. The van der Waals surface area contributed by atoms with E-state index in [0.29, 0.717) is 13.1 Å². The van der Waals surface area contributed by atoms with Crippen LogP contribution >= 0.6 is 0 Å². The monoisotopic (exact) mass is 282 g/mol. The highest BCUT2D eigenvalue weighted by Gasteiger charge is 2.10. The van der Waals surface area contributed by atoms with Gasteiger partial charge in [-0.2, -0.15) is 0 Å². The molecule has 0 saturated heterocycles. The van der Waals surface area contributed by atoms with Crippen molar-refractivity contribution in [3.05, 3.63) is 71.8 Å². The fourth-order valence-corrected chi connectivity index (χ4v) is 2.26. The normalized spacial score (nSPS) is 11.9. The second-order valence-corrected chi connectivity index (χ2v) is 5.01. The lowest BCUT2D eigenvalue weighted by Gasteiger charge is -2.17. The lowest BCUT2D eigenvalue weighted by Crippen LogP contribution is -2.35. The molecule has 1 unspecified atom stereocenters. The average molecular weight is 282 g/mol. The predicted molar refractivity (Wildman–Crippen MR) is 85.8 cm³/mol. The number of rotatable bonds is 7. The summed E-state index contributed by atoms with van der Waals surface area (Å²) < 4.78 is 0. The summed E-state index contributed by atoms with van der Waals surface area (Å²) in [4.78, 5) is 11.9. The van der Waals surface area contributed by atoms with Gasteiger partial charge in [-0.05, 0) is 17.5 Å². The zero-order valence-electron chi connectivity index (χ0n) is 12.4. The molecule has 0 radical (unpaired) electrons. The zero-order valence-corrected chi connectivity index (χ0v) is 12.4. The molecule has 1 amide bonds. The van der Waals surface area contributed by atoms with E-state index in [1.165, 1.54) is 5.56 Å². The Kier molecular flexibility index (Phi) is 5.98. The van der Waals surface area contributed by atoms with Gasteiger partial charge >= 0.3 is 0 Å². The molecule has 2 aromatic carbocycles. The molecule has 0 aliphatic rings. The van der Waals surface area contributed by atoms with Gasteiger partial charge in [-0.25, -0.2) is 0 Å². The van der Waals surface area contributed by atoms with E-state index in [0.717, 1.165) is 12.0 Å². The van der Waals surface area contributed by atoms with Crippen molar-refractivity contribution in [3.63, 3.8) is 0 Å². The van der Waals surface area contributed by atoms with E-state index in [-0.39, 0.29) is 11.9 Å². The number of amides is 1. The Hall–Kier alpha value is -2.13. The molecule has 0 spiro atoms. The molecule has 2 N–H and O–H groups in total. The van der Waals surface area contributed by atoms with Crippen LogP contribution in [0.25, 0.3) is 0 Å². The molecule has 2 aromatic rings. The van der Waals surface area contributed by atoms with Crippen molar-refractivity contribution in [2.75, 3.05) is 6.54 Å². The van der Waals surface area contributed by atoms with Gasteiger partial charge in [0.15, 0.2) is 0 Å². The molecule has 0 aliphatic carbocycles. The summed E-state index contributed by atoms with van der Waals surface area (Å²) in [5.74, 6) is 0.0215. The Balaban J connectivity index is 1.77. The summed E-state index contributed by atoms with van der Waals surface area (Å²) in [6.07, 6.45) is 0.954. The number of carbonyl (C=O) groups excluding carboxylic acids is 1. The highest BCUT2D eigenvalue weighted by molar-refractivity contribution is 5.78. The van der Waals surface area contributed by atoms with Crippen LogP contribution in [0.1, 0.15) is 30.5 Å². The molecule has 110 valence electrons. The molecule has 3 heteroatoms. The Labute approximate surface area is 126 Å². The Morgan fingerprint density at radius 3 is 2.24 bits per heavy atom. The van der Waals surface area contributed by atoms with Crippen LogP contribution in [0.15, 0.2) is 60.7 Å². The van der Waals surface area contributed by atoms with Crippen molar-refractivity contribution in [2.45, 2.75) is 25.9 Å².